The summed E-state index contributed by atoms with van der Waals surface area (Å²) in [5.41, 5.74) is 0.0966. The van der Waals surface area contributed by atoms with Gasteiger partial charge in [-0.1, -0.05) is 19.4 Å². The van der Waals surface area contributed by atoms with E-state index in [-0.39, 0.29) is 23.0 Å². The molecule has 0 spiro atoms. The zero-order valence-electron chi connectivity index (χ0n) is 12.1. The van der Waals surface area contributed by atoms with E-state index < -0.39 is 15.8 Å². The average Bonchev–Trinajstić information content (AvgIpc) is 2.44. The molecular formula is C14H19NO5S. The molecule has 0 aliphatic heterocycles. The van der Waals surface area contributed by atoms with E-state index in [2.05, 4.69) is 5.32 Å². The summed E-state index contributed by atoms with van der Waals surface area (Å²) in [4.78, 5) is 23.2. The van der Waals surface area contributed by atoms with Crippen molar-refractivity contribution >= 4 is 21.7 Å². The lowest BCUT2D eigenvalue weighted by atomic mass is 10.2. The molecule has 21 heavy (non-hydrogen) atoms. The van der Waals surface area contributed by atoms with E-state index in [1.165, 1.54) is 24.3 Å². The minimum absolute atomic E-state index is 0.0318. The van der Waals surface area contributed by atoms with Gasteiger partial charge < -0.3 is 10.1 Å². The van der Waals surface area contributed by atoms with Crippen LogP contribution in [0.25, 0.3) is 0 Å². The van der Waals surface area contributed by atoms with Crippen molar-refractivity contribution < 1.29 is 22.7 Å². The van der Waals surface area contributed by atoms with Gasteiger partial charge in [-0.05, 0) is 24.6 Å². The number of hydrogen-bond acceptors (Lipinski definition) is 5. The van der Waals surface area contributed by atoms with Crippen molar-refractivity contribution in [3.8, 4) is 0 Å². The highest BCUT2D eigenvalue weighted by atomic mass is 32.2. The fourth-order valence-corrected chi connectivity index (χ4v) is 2.19. The molecule has 0 bridgehead atoms. The quantitative estimate of drug-likeness (QED) is 0.603. The van der Waals surface area contributed by atoms with Gasteiger partial charge in [0.15, 0.2) is 16.4 Å². The van der Waals surface area contributed by atoms with Gasteiger partial charge in [0.1, 0.15) is 0 Å². The molecule has 7 heteroatoms. The normalized spacial score (nSPS) is 11.0. The number of unbranched alkanes of at least 4 members (excludes halogenated alkanes) is 1. The van der Waals surface area contributed by atoms with Crippen LogP contribution in [0.1, 0.15) is 30.1 Å². The smallest absolute Gasteiger partial charge is 0.338 e. The van der Waals surface area contributed by atoms with Crippen molar-refractivity contribution in [2.75, 3.05) is 19.4 Å². The topological polar surface area (TPSA) is 89.5 Å². The van der Waals surface area contributed by atoms with Crippen LogP contribution in [0.3, 0.4) is 0 Å². The highest BCUT2D eigenvalue weighted by molar-refractivity contribution is 7.90. The molecule has 116 valence electrons. The molecule has 0 atom stereocenters. The molecule has 0 saturated heterocycles. The van der Waals surface area contributed by atoms with Gasteiger partial charge in [0.25, 0.3) is 5.91 Å². The van der Waals surface area contributed by atoms with E-state index in [9.17, 15) is 18.0 Å². The summed E-state index contributed by atoms with van der Waals surface area (Å²) in [6, 6.07) is 5.51. The van der Waals surface area contributed by atoms with Gasteiger partial charge in [-0.3, -0.25) is 4.79 Å². The molecule has 0 aromatic heterocycles. The highest BCUT2D eigenvalue weighted by Crippen LogP contribution is 2.12. The predicted octanol–water partition coefficient (Wildman–Crippen LogP) is 1.16. The van der Waals surface area contributed by atoms with Crippen LogP contribution in [0.5, 0.6) is 0 Å². The average molecular weight is 313 g/mol. The van der Waals surface area contributed by atoms with E-state index in [0.717, 1.165) is 19.1 Å². The van der Waals surface area contributed by atoms with E-state index in [1.54, 1.807) is 0 Å². The van der Waals surface area contributed by atoms with Gasteiger partial charge in [0, 0.05) is 12.8 Å². The SMILES string of the molecule is CCCCNC(=O)COC(=O)c1cccc(S(C)(=O)=O)c1. The first-order valence-electron chi connectivity index (χ1n) is 6.58. The molecule has 1 aromatic rings. The summed E-state index contributed by atoms with van der Waals surface area (Å²) < 4.78 is 27.7. The van der Waals surface area contributed by atoms with Gasteiger partial charge in [-0.2, -0.15) is 0 Å². The molecule has 1 N–H and O–H groups in total. The number of nitrogens with one attached hydrogen (secondary N) is 1. The van der Waals surface area contributed by atoms with Crippen molar-refractivity contribution in [3.05, 3.63) is 29.8 Å². The number of hydrogen-bond donors (Lipinski definition) is 1. The Bertz CT molecular complexity index is 610. The van der Waals surface area contributed by atoms with Gasteiger partial charge >= 0.3 is 5.97 Å². The van der Waals surface area contributed by atoms with Crippen LogP contribution in [-0.4, -0.2) is 39.7 Å². The van der Waals surface area contributed by atoms with E-state index in [4.69, 9.17) is 4.74 Å². The lowest BCUT2D eigenvalue weighted by Gasteiger charge is -2.07. The van der Waals surface area contributed by atoms with Gasteiger partial charge in [0.2, 0.25) is 0 Å². The van der Waals surface area contributed by atoms with Crippen molar-refractivity contribution in [3.63, 3.8) is 0 Å². The van der Waals surface area contributed by atoms with Crippen molar-refractivity contribution in [2.45, 2.75) is 24.7 Å². The number of amides is 1. The molecule has 0 aliphatic rings. The van der Waals surface area contributed by atoms with Gasteiger partial charge in [0.05, 0.1) is 10.5 Å². The fraction of sp³-hybridized carbons (Fsp3) is 0.429. The minimum atomic E-state index is -3.39. The van der Waals surface area contributed by atoms with Crippen molar-refractivity contribution in [1.29, 1.82) is 0 Å². The summed E-state index contributed by atoms with van der Waals surface area (Å²) in [5.74, 6) is -1.11. The second-order valence-corrected chi connectivity index (χ2v) is 6.60. The molecule has 1 aromatic carbocycles. The Morgan fingerprint density at radius 1 is 1.29 bits per heavy atom. The van der Waals surface area contributed by atoms with Crippen LogP contribution in [0.15, 0.2) is 29.2 Å². The van der Waals surface area contributed by atoms with E-state index >= 15 is 0 Å². The molecular weight excluding hydrogens is 294 g/mol. The predicted molar refractivity (Wildman–Crippen MR) is 77.8 cm³/mol. The van der Waals surface area contributed by atoms with Crippen LogP contribution in [0, 0.1) is 0 Å². The first kappa shape index (κ1) is 17.2. The van der Waals surface area contributed by atoms with Crippen molar-refractivity contribution in [2.24, 2.45) is 0 Å². The Balaban J connectivity index is 2.58. The summed E-state index contributed by atoms with van der Waals surface area (Å²) in [5, 5.41) is 2.61. The molecule has 0 heterocycles. The number of ether oxygens (including phenoxy) is 1. The third-order valence-electron chi connectivity index (χ3n) is 2.68. The monoisotopic (exact) mass is 313 g/mol. The van der Waals surface area contributed by atoms with Crippen LogP contribution in [0.4, 0.5) is 0 Å². The Morgan fingerprint density at radius 2 is 2.00 bits per heavy atom. The zero-order chi connectivity index (χ0) is 15.9. The maximum Gasteiger partial charge on any atom is 0.338 e. The Morgan fingerprint density at radius 3 is 2.62 bits per heavy atom. The summed E-state index contributed by atoms with van der Waals surface area (Å²) in [7, 11) is -3.39. The first-order valence-corrected chi connectivity index (χ1v) is 8.47. The van der Waals surface area contributed by atoms with Gasteiger partial charge in [-0.25, -0.2) is 13.2 Å². The van der Waals surface area contributed by atoms with Crippen LogP contribution in [0.2, 0.25) is 0 Å². The highest BCUT2D eigenvalue weighted by Gasteiger charge is 2.13. The molecule has 0 radical (unpaired) electrons. The standard InChI is InChI=1S/C14H19NO5S/c1-3-4-8-15-13(16)10-20-14(17)11-6-5-7-12(9-11)21(2,18)19/h5-7,9H,3-4,8,10H2,1-2H3,(H,15,16). The van der Waals surface area contributed by atoms with Crippen molar-refractivity contribution in [1.82, 2.24) is 5.32 Å². The number of carbonyl (C=O) groups excluding carboxylic acids is 2. The fourth-order valence-electron chi connectivity index (χ4n) is 1.52. The number of benzene rings is 1. The van der Waals surface area contributed by atoms with Crippen LogP contribution >= 0.6 is 0 Å². The third kappa shape index (κ3) is 5.95. The summed E-state index contributed by atoms with van der Waals surface area (Å²) in [6.07, 6.45) is 2.87. The molecule has 1 rings (SSSR count). The second-order valence-electron chi connectivity index (χ2n) is 4.58. The maximum absolute atomic E-state index is 11.8. The lowest BCUT2D eigenvalue weighted by Crippen LogP contribution is -2.29. The Kier molecular flexibility index (Phi) is 6.36. The molecule has 0 saturated carbocycles. The summed E-state index contributed by atoms with van der Waals surface area (Å²) in [6.45, 7) is 2.16. The zero-order valence-corrected chi connectivity index (χ0v) is 12.9. The molecule has 1 amide bonds. The van der Waals surface area contributed by atoms with Crippen LogP contribution in [-0.2, 0) is 19.4 Å². The Hall–Kier alpha value is -1.89. The number of sulfone groups is 1. The van der Waals surface area contributed by atoms with Crippen LogP contribution < -0.4 is 5.32 Å². The third-order valence-corrected chi connectivity index (χ3v) is 3.79. The van der Waals surface area contributed by atoms with E-state index in [1.807, 2.05) is 6.92 Å². The number of carbonyl (C=O) groups is 2. The van der Waals surface area contributed by atoms with E-state index in [0.29, 0.717) is 6.54 Å². The lowest BCUT2D eigenvalue weighted by molar-refractivity contribution is -0.124. The first-order chi connectivity index (χ1) is 9.84. The second kappa shape index (κ2) is 7.78. The molecule has 0 aliphatic carbocycles. The number of esters is 1. The largest absolute Gasteiger partial charge is 0.452 e. The van der Waals surface area contributed by atoms with Gasteiger partial charge in [-0.15, -0.1) is 0 Å². The number of rotatable bonds is 7. The summed E-state index contributed by atoms with van der Waals surface area (Å²) >= 11 is 0. The molecule has 0 fully saturated rings. The maximum atomic E-state index is 11.8. The Labute approximate surface area is 124 Å². The minimum Gasteiger partial charge on any atom is -0.452 e. The molecule has 0 unspecified atom stereocenters. The molecule has 6 nitrogen and oxygen atoms in total.